The topological polar surface area (TPSA) is 52.5 Å². The third-order valence-electron chi connectivity index (χ3n) is 1.89. The van der Waals surface area contributed by atoms with Gasteiger partial charge in [0.15, 0.2) is 0 Å². The molecule has 0 radical (unpaired) electrons. The van der Waals surface area contributed by atoms with E-state index in [2.05, 4.69) is 10.2 Å². The van der Waals surface area contributed by atoms with Gasteiger partial charge in [-0.2, -0.15) is 10.4 Å². The number of nitriles is 1. The van der Waals surface area contributed by atoms with Gasteiger partial charge in [-0.15, -0.1) is 12.4 Å². The highest BCUT2D eigenvalue weighted by molar-refractivity contribution is 6.32. The van der Waals surface area contributed by atoms with E-state index in [1.807, 2.05) is 18.2 Å². The zero-order valence-corrected chi connectivity index (χ0v) is 9.14. The highest BCUT2D eigenvalue weighted by Gasteiger charge is 2.03. The summed E-state index contributed by atoms with van der Waals surface area (Å²) >= 11 is 5.89. The Morgan fingerprint density at radius 1 is 1.33 bits per heavy atom. The van der Waals surface area contributed by atoms with Crippen molar-refractivity contribution in [2.75, 3.05) is 0 Å². The summed E-state index contributed by atoms with van der Waals surface area (Å²) in [6.07, 6.45) is 1.74. The zero-order chi connectivity index (χ0) is 9.97. The van der Waals surface area contributed by atoms with Gasteiger partial charge in [-0.1, -0.05) is 17.7 Å². The zero-order valence-electron chi connectivity index (χ0n) is 7.57. The quantitative estimate of drug-likeness (QED) is 0.832. The van der Waals surface area contributed by atoms with Crippen LogP contribution in [0.3, 0.4) is 0 Å². The molecule has 0 aliphatic carbocycles. The minimum Gasteiger partial charge on any atom is -0.285 e. The molecule has 0 bridgehead atoms. The number of nitrogens with one attached hydrogen (secondary N) is 1. The maximum Gasteiger partial charge on any atom is 0.101 e. The van der Waals surface area contributed by atoms with Crippen LogP contribution in [0.5, 0.6) is 0 Å². The molecule has 0 aliphatic heterocycles. The smallest absolute Gasteiger partial charge is 0.101 e. The molecule has 3 nitrogen and oxygen atoms in total. The highest BCUT2D eigenvalue weighted by atomic mass is 35.5. The molecule has 0 amide bonds. The molecule has 0 aliphatic rings. The number of halogens is 2. The van der Waals surface area contributed by atoms with E-state index in [1.54, 1.807) is 18.3 Å². The number of aromatic amines is 1. The molecular weight excluding hydrogens is 233 g/mol. The first-order valence-electron chi connectivity index (χ1n) is 4.01. The number of rotatable bonds is 1. The van der Waals surface area contributed by atoms with Crippen LogP contribution in [-0.2, 0) is 0 Å². The van der Waals surface area contributed by atoms with E-state index in [-0.39, 0.29) is 12.4 Å². The maximum absolute atomic E-state index is 8.68. The molecule has 2 aromatic rings. The van der Waals surface area contributed by atoms with Gasteiger partial charge in [0, 0.05) is 11.8 Å². The van der Waals surface area contributed by atoms with Gasteiger partial charge in [0.25, 0.3) is 0 Å². The molecule has 0 saturated carbocycles. The maximum atomic E-state index is 8.68. The molecule has 5 heteroatoms. The van der Waals surface area contributed by atoms with Gasteiger partial charge in [0.05, 0.1) is 16.3 Å². The van der Waals surface area contributed by atoms with E-state index in [0.717, 1.165) is 11.3 Å². The molecule has 0 saturated heterocycles. The standard InChI is InChI=1S/C10H6ClN3.ClH/c11-9-5-7(1-2-8(9)6-12)10-3-4-13-14-10;/h1-5H,(H,13,14);1H. The van der Waals surface area contributed by atoms with E-state index in [9.17, 15) is 0 Å². The molecular formula is C10H7Cl2N3. The third kappa shape index (κ3) is 2.30. The number of aromatic nitrogens is 2. The Morgan fingerprint density at radius 2 is 2.13 bits per heavy atom. The Bertz CT molecular complexity index is 486. The number of nitrogens with zero attached hydrogens (tertiary/aromatic N) is 2. The van der Waals surface area contributed by atoms with E-state index < -0.39 is 0 Å². The second kappa shape index (κ2) is 4.83. The molecule has 1 heterocycles. The van der Waals surface area contributed by atoms with Crippen LogP contribution in [0, 0.1) is 11.3 Å². The summed E-state index contributed by atoms with van der Waals surface area (Å²) in [6.45, 7) is 0. The fourth-order valence-electron chi connectivity index (χ4n) is 1.19. The summed E-state index contributed by atoms with van der Waals surface area (Å²) in [6, 6.07) is 9.09. The number of benzene rings is 1. The summed E-state index contributed by atoms with van der Waals surface area (Å²) in [4.78, 5) is 0. The Hall–Kier alpha value is -1.50. The van der Waals surface area contributed by atoms with E-state index in [4.69, 9.17) is 16.9 Å². The van der Waals surface area contributed by atoms with Gasteiger partial charge in [0.2, 0.25) is 0 Å². The van der Waals surface area contributed by atoms with Gasteiger partial charge in [-0.3, -0.25) is 5.10 Å². The van der Waals surface area contributed by atoms with Crippen LogP contribution in [0.15, 0.2) is 30.5 Å². The minimum absolute atomic E-state index is 0. The van der Waals surface area contributed by atoms with Crippen molar-refractivity contribution in [3.05, 3.63) is 41.0 Å². The molecule has 76 valence electrons. The van der Waals surface area contributed by atoms with Gasteiger partial charge in [-0.25, -0.2) is 0 Å². The van der Waals surface area contributed by atoms with Crippen molar-refractivity contribution in [3.8, 4) is 17.3 Å². The number of H-pyrrole nitrogens is 1. The third-order valence-corrected chi connectivity index (χ3v) is 2.20. The molecule has 1 aromatic heterocycles. The molecule has 15 heavy (non-hydrogen) atoms. The molecule has 0 unspecified atom stereocenters. The van der Waals surface area contributed by atoms with Crippen molar-refractivity contribution in [2.45, 2.75) is 0 Å². The van der Waals surface area contributed by atoms with Crippen molar-refractivity contribution < 1.29 is 0 Å². The predicted molar refractivity (Wildman–Crippen MR) is 61.0 cm³/mol. The van der Waals surface area contributed by atoms with Gasteiger partial charge in [-0.05, 0) is 18.2 Å². The average Bonchev–Trinajstić information content (AvgIpc) is 2.70. The van der Waals surface area contributed by atoms with Crippen LogP contribution < -0.4 is 0 Å². The Labute approximate surface area is 98.1 Å². The minimum atomic E-state index is 0. The van der Waals surface area contributed by atoms with Crippen molar-refractivity contribution >= 4 is 24.0 Å². The highest BCUT2D eigenvalue weighted by Crippen LogP contribution is 2.23. The first kappa shape index (κ1) is 11.6. The van der Waals surface area contributed by atoms with Crippen LogP contribution in [0.25, 0.3) is 11.3 Å². The van der Waals surface area contributed by atoms with E-state index in [1.165, 1.54) is 0 Å². The van der Waals surface area contributed by atoms with Crippen LogP contribution in [-0.4, -0.2) is 10.2 Å². The summed E-state index contributed by atoms with van der Waals surface area (Å²) in [7, 11) is 0. The molecule has 0 spiro atoms. The van der Waals surface area contributed by atoms with Crippen LogP contribution in [0.1, 0.15) is 5.56 Å². The first-order chi connectivity index (χ1) is 6.81. The summed E-state index contributed by atoms with van der Waals surface area (Å²) in [5.74, 6) is 0. The monoisotopic (exact) mass is 239 g/mol. The number of hydrogen-bond donors (Lipinski definition) is 1. The Morgan fingerprint density at radius 3 is 2.67 bits per heavy atom. The lowest BCUT2D eigenvalue weighted by Crippen LogP contribution is -1.81. The van der Waals surface area contributed by atoms with Crippen molar-refractivity contribution in [3.63, 3.8) is 0 Å². The van der Waals surface area contributed by atoms with Crippen molar-refractivity contribution in [1.29, 1.82) is 5.26 Å². The molecule has 1 N–H and O–H groups in total. The Balaban J connectivity index is 0.00000112. The van der Waals surface area contributed by atoms with Crippen LogP contribution >= 0.6 is 24.0 Å². The van der Waals surface area contributed by atoms with Gasteiger partial charge < -0.3 is 0 Å². The summed E-state index contributed by atoms with van der Waals surface area (Å²) < 4.78 is 0. The van der Waals surface area contributed by atoms with E-state index in [0.29, 0.717) is 10.6 Å². The van der Waals surface area contributed by atoms with Gasteiger partial charge >= 0.3 is 0 Å². The van der Waals surface area contributed by atoms with Crippen molar-refractivity contribution in [1.82, 2.24) is 10.2 Å². The summed E-state index contributed by atoms with van der Waals surface area (Å²) in [5.41, 5.74) is 2.19. The van der Waals surface area contributed by atoms with Crippen LogP contribution in [0.4, 0.5) is 0 Å². The summed E-state index contributed by atoms with van der Waals surface area (Å²) in [5, 5.41) is 15.9. The number of hydrogen-bond acceptors (Lipinski definition) is 2. The lowest BCUT2D eigenvalue weighted by atomic mass is 10.1. The first-order valence-corrected chi connectivity index (χ1v) is 4.39. The fourth-order valence-corrected chi connectivity index (χ4v) is 1.41. The Kier molecular flexibility index (Phi) is 3.73. The molecule has 0 atom stereocenters. The molecule has 2 rings (SSSR count). The normalized spacial score (nSPS) is 9.07. The second-order valence-electron chi connectivity index (χ2n) is 2.77. The van der Waals surface area contributed by atoms with Crippen LogP contribution in [0.2, 0.25) is 5.02 Å². The fraction of sp³-hybridized carbons (Fsp3) is 0. The van der Waals surface area contributed by atoms with Crippen molar-refractivity contribution in [2.24, 2.45) is 0 Å². The lowest BCUT2D eigenvalue weighted by Gasteiger charge is -1.98. The van der Waals surface area contributed by atoms with Gasteiger partial charge in [0.1, 0.15) is 6.07 Å². The largest absolute Gasteiger partial charge is 0.285 e. The average molecular weight is 240 g/mol. The molecule has 0 fully saturated rings. The SMILES string of the molecule is Cl.N#Cc1ccc(-c2cc[nH]n2)cc1Cl. The molecule has 1 aromatic carbocycles. The predicted octanol–water partition coefficient (Wildman–Crippen LogP) is 3.02. The second-order valence-corrected chi connectivity index (χ2v) is 3.17. The lowest BCUT2D eigenvalue weighted by molar-refractivity contribution is 1.10. The van der Waals surface area contributed by atoms with E-state index >= 15 is 0 Å².